The number of nitrogens with zero attached hydrogens (tertiary/aromatic N) is 3. The number of hydrogen-bond acceptors (Lipinski definition) is 2. The third-order valence-corrected chi connectivity index (χ3v) is 2.59. The second-order valence-corrected chi connectivity index (χ2v) is 4.51. The summed E-state index contributed by atoms with van der Waals surface area (Å²) in [5.41, 5.74) is 1.09. The number of benzene rings is 1. The molecule has 1 aromatic carbocycles. The van der Waals surface area contributed by atoms with Crippen molar-refractivity contribution in [2.24, 2.45) is 0 Å². The van der Waals surface area contributed by atoms with Crippen LogP contribution in [0.25, 0.3) is 11.0 Å². The van der Waals surface area contributed by atoms with E-state index in [2.05, 4.69) is 4.98 Å². The molecule has 16 heavy (non-hydrogen) atoms. The average Bonchev–Trinajstić information content (AvgIpc) is 2.58. The summed E-state index contributed by atoms with van der Waals surface area (Å²) in [4.78, 5) is 4.25. The first-order chi connectivity index (χ1) is 7.52. The first kappa shape index (κ1) is 11.2. The third kappa shape index (κ3) is 1.63. The number of imidazole rings is 1. The monoisotopic (exact) mass is 241 g/mol. The maximum atomic E-state index is 13.6. The fourth-order valence-electron chi connectivity index (χ4n) is 1.75. The molecule has 86 valence electrons. The van der Waals surface area contributed by atoms with Crippen molar-refractivity contribution in [3.8, 4) is 0 Å². The van der Waals surface area contributed by atoms with Gasteiger partial charge in [-0.05, 0) is 19.1 Å². The van der Waals surface area contributed by atoms with Crippen molar-refractivity contribution in [3.05, 3.63) is 29.8 Å². The Kier molecular flexibility index (Phi) is 2.76. The summed E-state index contributed by atoms with van der Waals surface area (Å²) in [7, 11) is 3.74. The molecule has 1 atom stereocenters. The summed E-state index contributed by atoms with van der Waals surface area (Å²) in [6.07, 6.45) is 0. The van der Waals surface area contributed by atoms with E-state index in [1.165, 1.54) is 6.07 Å². The smallest absolute Gasteiger partial charge is 0.151 e. The van der Waals surface area contributed by atoms with Crippen LogP contribution in [0.1, 0.15) is 18.1 Å². The van der Waals surface area contributed by atoms with E-state index in [0.29, 0.717) is 11.3 Å². The van der Waals surface area contributed by atoms with Crippen molar-refractivity contribution in [1.29, 1.82) is 0 Å². The van der Waals surface area contributed by atoms with Gasteiger partial charge in [0.05, 0.1) is 10.9 Å². The number of hydrogen-bond donors (Lipinski definition) is 0. The van der Waals surface area contributed by atoms with Gasteiger partial charge in [0.15, 0.2) is 5.82 Å². The first-order valence-electron chi connectivity index (χ1n) is 5.01. The zero-order valence-corrected chi connectivity index (χ0v) is 10.2. The van der Waals surface area contributed by atoms with Crippen LogP contribution in [0.4, 0.5) is 4.39 Å². The molecule has 5 heteroatoms. The topological polar surface area (TPSA) is 21.1 Å². The van der Waals surface area contributed by atoms with Crippen molar-refractivity contribution >= 4 is 22.6 Å². The molecule has 0 radical (unpaired) electrons. The number of rotatable bonds is 2. The minimum absolute atomic E-state index is 0.269. The van der Waals surface area contributed by atoms with E-state index in [-0.39, 0.29) is 11.2 Å². The van der Waals surface area contributed by atoms with Gasteiger partial charge in [-0.25, -0.2) is 14.1 Å². The van der Waals surface area contributed by atoms with Crippen LogP contribution in [0.5, 0.6) is 0 Å². The zero-order chi connectivity index (χ0) is 11.9. The minimum atomic E-state index is -0.323. The van der Waals surface area contributed by atoms with Crippen LogP contribution in [0.15, 0.2) is 18.2 Å². The summed E-state index contributed by atoms with van der Waals surface area (Å²) in [5.74, 6) is 0.323. The maximum absolute atomic E-state index is 13.6. The number of para-hydroxylation sites is 1. The van der Waals surface area contributed by atoms with Crippen molar-refractivity contribution in [1.82, 2.24) is 9.66 Å². The molecule has 1 unspecified atom stereocenters. The third-order valence-electron chi connectivity index (χ3n) is 2.39. The lowest BCUT2D eigenvalue weighted by Gasteiger charge is -2.18. The SMILES string of the molecule is CC(Cl)c1nc2c(F)cccc2n1N(C)C. The minimum Gasteiger partial charge on any atom is -0.317 e. The van der Waals surface area contributed by atoms with E-state index in [4.69, 9.17) is 11.6 Å². The molecule has 0 bridgehead atoms. The molecule has 0 spiro atoms. The molecule has 0 aliphatic heterocycles. The molecule has 0 N–H and O–H groups in total. The second kappa shape index (κ2) is 3.94. The Hall–Kier alpha value is -1.29. The van der Waals surface area contributed by atoms with Crippen LogP contribution in [0, 0.1) is 5.82 Å². The summed E-state index contributed by atoms with van der Waals surface area (Å²) in [6, 6.07) is 4.90. The molecule has 1 aromatic heterocycles. The largest absolute Gasteiger partial charge is 0.317 e. The van der Waals surface area contributed by atoms with Gasteiger partial charge in [0, 0.05) is 14.1 Å². The standard InChI is InChI=1S/C11H13ClFN3/c1-7(12)11-14-10-8(13)5-4-6-9(10)16(11)15(2)3/h4-7H,1-3H3. The van der Waals surface area contributed by atoms with E-state index in [1.807, 2.05) is 36.8 Å². The molecule has 0 saturated heterocycles. The molecular formula is C11H13ClFN3. The van der Waals surface area contributed by atoms with E-state index in [1.54, 1.807) is 6.07 Å². The van der Waals surface area contributed by atoms with E-state index in [0.717, 1.165) is 5.52 Å². The first-order valence-corrected chi connectivity index (χ1v) is 5.44. The summed E-state index contributed by atoms with van der Waals surface area (Å²) in [5, 5.41) is 1.57. The Morgan fingerprint density at radius 3 is 2.69 bits per heavy atom. The number of fused-ring (bicyclic) bond motifs is 1. The van der Waals surface area contributed by atoms with Crippen LogP contribution in [-0.4, -0.2) is 23.8 Å². The fourth-order valence-corrected chi connectivity index (χ4v) is 1.89. The second-order valence-electron chi connectivity index (χ2n) is 3.85. The van der Waals surface area contributed by atoms with Gasteiger partial charge in [-0.15, -0.1) is 11.6 Å². The lowest BCUT2D eigenvalue weighted by Crippen LogP contribution is -2.26. The molecule has 0 saturated carbocycles. The summed E-state index contributed by atoms with van der Waals surface area (Å²) in [6.45, 7) is 1.82. The van der Waals surface area contributed by atoms with Gasteiger partial charge in [0.1, 0.15) is 11.3 Å². The highest BCUT2D eigenvalue weighted by molar-refractivity contribution is 6.20. The normalized spacial score (nSPS) is 13.1. The fraction of sp³-hybridized carbons (Fsp3) is 0.364. The van der Waals surface area contributed by atoms with Crippen LogP contribution < -0.4 is 5.01 Å². The van der Waals surface area contributed by atoms with Crippen LogP contribution in [0.3, 0.4) is 0 Å². The Labute approximate surface area is 98.4 Å². The Morgan fingerprint density at radius 1 is 1.44 bits per heavy atom. The lowest BCUT2D eigenvalue weighted by atomic mass is 10.3. The molecule has 0 fully saturated rings. The number of alkyl halides is 1. The predicted molar refractivity (Wildman–Crippen MR) is 64.0 cm³/mol. The molecule has 1 heterocycles. The van der Waals surface area contributed by atoms with E-state index < -0.39 is 0 Å². The highest BCUT2D eigenvalue weighted by atomic mass is 35.5. The van der Waals surface area contributed by atoms with E-state index in [9.17, 15) is 4.39 Å². The van der Waals surface area contributed by atoms with Gasteiger partial charge in [-0.2, -0.15) is 0 Å². The van der Waals surface area contributed by atoms with Crippen LogP contribution in [0.2, 0.25) is 0 Å². The van der Waals surface area contributed by atoms with Crippen LogP contribution in [-0.2, 0) is 0 Å². The lowest BCUT2D eigenvalue weighted by molar-refractivity contribution is 0.637. The van der Waals surface area contributed by atoms with Gasteiger partial charge < -0.3 is 5.01 Å². The van der Waals surface area contributed by atoms with E-state index >= 15 is 0 Å². The van der Waals surface area contributed by atoms with Gasteiger partial charge in [-0.1, -0.05) is 6.07 Å². The predicted octanol–water partition coefficient (Wildman–Crippen LogP) is 2.67. The Bertz CT molecular complexity index is 519. The molecule has 3 nitrogen and oxygen atoms in total. The van der Waals surface area contributed by atoms with Crippen LogP contribution >= 0.6 is 11.6 Å². The Balaban J connectivity index is 2.81. The van der Waals surface area contributed by atoms with Gasteiger partial charge in [0.2, 0.25) is 0 Å². The van der Waals surface area contributed by atoms with Crippen molar-refractivity contribution in [3.63, 3.8) is 0 Å². The van der Waals surface area contributed by atoms with Gasteiger partial charge in [-0.3, -0.25) is 0 Å². The molecule has 0 aliphatic rings. The molecule has 0 aliphatic carbocycles. The highest BCUT2D eigenvalue weighted by Gasteiger charge is 2.17. The highest BCUT2D eigenvalue weighted by Crippen LogP contribution is 2.25. The quantitative estimate of drug-likeness (QED) is 0.754. The average molecular weight is 242 g/mol. The number of halogens is 2. The van der Waals surface area contributed by atoms with Crippen molar-refractivity contribution < 1.29 is 4.39 Å². The Morgan fingerprint density at radius 2 is 2.12 bits per heavy atom. The zero-order valence-electron chi connectivity index (χ0n) is 9.41. The van der Waals surface area contributed by atoms with Crippen molar-refractivity contribution in [2.75, 3.05) is 19.1 Å². The molecule has 2 rings (SSSR count). The van der Waals surface area contributed by atoms with Crippen molar-refractivity contribution in [2.45, 2.75) is 12.3 Å². The van der Waals surface area contributed by atoms with Gasteiger partial charge in [0.25, 0.3) is 0 Å². The maximum Gasteiger partial charge on any atom is 0.151 e. The molecule has 2 aromatic rings. The summed E-state index contributed by atoms with van der Waals surface area (Å²) < 4.78 is 15.4. The molecular weight excluding hydrogens is 229 g/mol. The number of aromatic nitrogens is 2. The molecule has 0 amide bonds. The summed E-state index contributed by atoms with van der Waals surface area (Å²) >= 11 is 6.04. The van der Waals surface area contributed by atoms with Gasteiger partial charge >= 0.3 is 0 Å².